The van der Waals surface area contributed by atoms with Crippen LogP contribution in [0.3, 0.4) is 0 Å². The number of hydrogen-bond donors (Lipinski definition) is 1. The number of ether oxygens (including phenoxy) is 1. The lowest BCUT2D eigenvalue weighted by atomic mass is 9.99. The SMILES string of the molecule is COCCNc1c(-c2ccccc2)c(=O)c1=O. The highest BCUT2D eigenvalue weighted by molar-refractivity contribution is 5.81. The summed E-state index contributed by atoms with van der Waals surface area (Å²) in [5.41, 5.74) is 0.790. The minimum Gasteiger partial charge on any atom is -0.383 e. The molecule has 2 rings (SSSR count). The fourth-order valence-electron chi connectivity index (χ4n) is 1.72. The first-order valence-corrected chi connectivity index (χ1v) is 5.37. The number of methoxy groups -OCH3 is 1. The second-order valence-corrected chi connectivity index (χ2v) is 3.69. The topological polar surface area (TPSA) is 55.4 Å². The van der Waals surface area contributed by atoms with Gasteiger partial charge < -0.3 is 10.1 Å². The summed E-state index contributed by atoms with van der Waals surface area (Å²) in [7, 11) is 1.59. The van der Waals surface area contributed by atoms with Crippen LogP contribution in [0.4, 0.5) is 5.69 Å². The van der Waals surface area contributed by atoms with Crippen molar-refractivity contribution in [3.8, 4) is 11.1 Å². The van der Waals surface area contributed by atoms with Crippen LogP contribution in [0.2, 0.25) is 0 Å². The summed E-state index contributed by atoms with van der Waals surface area (Å²) in [5, 5.41) is 2.93. The summed E-state index contributed by atoms with van der Waals surface area (Å²) in [5.74, 6) is 0. The van der Waals surface area contributed by atoms with Gasteiger partial charge in [-0.05, 0) is 5.56 Å². The molecule has 0 saturated heterocycles. The van der Waals surface area contributed by atoms with Crippen LogP contribution in [0.5, 0.6) is 0 Å². The van der Waals surface area contributed by atoms with Crippen LogP contribution in [-0.4, -0.2) is 20.3 Å². The molecular formula is C13H13NO3. The van der Waals surface area contributed by atoms with Crippen molar-refractivity contribution in [3.63, 3.8) is 0 Å². The van der Waals surface area contributed by atoms with Gasteiger partial charge in [-0.3, -0.25) is 9.59 Å². The van der Waals surface area contributed by atoms with Crippen molar-refractivity contribution in [2.75, 3.05) is 25.6 Å². The monoisotopic (exact) mass is 231 g/mol. The molecular weight excluding hydrogens is 218 g/mol. The molecule has 0 atom stereocenters. The molecule has 2 aromatic carbocycles. The van der Waals surface area contributed by atoms with E-state index >= 15 is 0 Å². The Morgan fingerprint density at radius 1 is 1.12 bits per heavy atom. The molecule has 0 aliphatic heterocycles. The van der Waals surface area contributed by atoms with Crippen LogP contribution < -0.4 is 16.2 Å². The molecule has 0 amide bonds. The third kappa shape index (κ3) is 2.12. The van der Waals surface area contributed by atoms with E-state index < -0.39 is 10.9 Å². The van der Waals surface area contributed by atoms with E-state index in [-0.39, 0.29) is 0 Å². The lowest BCUT2D eigenvalue weighted by Gasteiger charge is -2.12. The van der Waals surface area contributed by atoms with E-state index in [1.807, 2.05) is 30.3 Å². The minimum absolute atomic E-state index is 0.401. The zero-order valence-corrected chi connectivity index (χ0v) is 9.53. The van der Waals surface area contributed by atoms with Gasteiger partial charge in [0.25, 0.3) is 0 Å². The summed E-state index contributed by atoms with van der Waals surface area (Å²) in [6.45, 7) is 1.01. The first kappa shape index (κ1) is 11.5. The standard InChI is InChI=1S/C13H13NO3/c1-17-8-7-14-11-10(12(15)13(11)16)9-5-3-2-4-6-9/h2-6,14H,7-8H2,1H3. The number of anilines is 1. The molecule has 0 aliphatic carbocycles. The molecule has 17 heavy (non-hydrogen) atoms. The molecule has 0 unspecified atom stereocenters. The number of hydrogen-bond acceptors (Lipinski definition) is 4. The lowest BCUT2D eigenvalue weighted by molar-refractivity contribution is 0.210. The van der Waals surface area contributed by atoms with Crippen molar-refractivity contribution in [2.24, 2.45) is 0 Å². The van der Waals surface area contributed by atoms with Gasteiger partial charge in [-0.15, -0.1) is 0 Å². The third-order valence-corrected chi connectivity index (χ3v) is 2.58. The summed E-state index contributed by atoms with van der Waals surface area (Å²) < 4.78 is 4.88. The highest BCUT2D eigenvalue weighted by atomic mass is 16.5. The first-order valence-electron chi connectivity index (χ1n) is 5.37. The second kappa shape index (κ2) is 4.93. The maximum Gasteiger partial charge on any atom is 0.250 e. The Labute approximate surface area is 98.5 Å². The van der Waals surface area contributed by atoms with E-state index in [1.165, 1.54) is 0 Å². The van der Waals surface area contributed by atoms with E-state index in [9.17, 15) is 9.59 Å². The summed E-state index contributed by atoms with van der Waals surface area (Å²) in [6, 6.07) is 9.18. The zero-order chi connectivity index (χ0) is 12.3. The van der Waals surface area contributed by atoms with Crippen LogP contribution in [0.25, 0.3) is 11.1 Å². The Hall–Kier alpha value is -1.94. The molecule has 88 valence electrons. The molecule has 1 N–H and O–H groups in total. The highest BCUT2D eigenvalue weighted by Crippen LogP contribution is 2.22. The smallest absolute Gasteiger partial charge is 0.250 e. The lowest BCUT2D eigenvalue weighted by Crippen LogP contribution is -2.36. The van der Waals surface area contributed by atoms with Gasteiger partial charge in [0.05, 0.1) is 17.9 Å². The Balaban J connectivity index is 2.27. The molecule has 0 radical (unpaired) electrons. The predicted octanol–water partition coefficient (Wildman–Crippen LogP) is 1.01. The van der Waals surface area contributed by atoms with Crippen LogP contribution in [0, 0.1) is 0 Å². The normalized spacial score (nSPS) is 10.6. The Kier molecular flexibility index (Phi) is 3.35. The average Bonchev–Trinajstić information content (AvgIpc) is 2.38. The Morgan fingerprint density at radius 2 is 1.82 bits per heavy atom. The molecule has 0 saturated carbocycles. The fourth-order valence-corrected chi connectivity index (χ4v) is 1.72. The van der Waals surface area contributed by atoms with E-state index in [2.05, 4.69) is 5.32 Å². The van der Waals surface area contributed by atoms with Crippen molar-refractivity contribution in [1.82, 2.24) is 0 Å². The van der Waals surface area contributed by atoms with Crippen molar-refractivity contribution < 1.29 is 4.74 Å². The van der Waals surface area contributed by atoms with Crippen molar-refractivity contribution in [3.05, 3.63) is 50.8 Å². The number of rotatable bonds is 5. The molecule has 4 heteroatoms. The second-order valence-electron chi connectivity index (χ2n) is 3.69. The van der Waals surface area contributed by atoms with E-state index in [1.54, 1.807) is 7.11 Å². The van der Waals surface area contributed by atoms with Crippen molar-refractivity contribution in [2.45, 2.75) is 0 Å². The number of benzene rings is 1. The van der Waals surface area contributed by atoms with E-state index in [0.29, 0.717) is 24.4 Å². The van der Waals surface area contributed by atoms with Gasteiger partial charge >= 0.3 is 0 Å². The summed E-state index contributed by atoms with van der Waals surface area (Å²) >= 11 is 0. The molecule has 0 spiro atoms. The molecule has 0 bridgehead atoms. The van der Waals surface area contributed by atoms with Crippen molar-refractivity contribution >= 4 is 5.69 Å². The van der Waals surface area contributed by atoms with Crippen molar-refractivity contribution in [1.29, 1.82) is 0 Å². The van der Waals surface area contributed by atoms with E-state index in [4.69, 9.17) is 4.74 Å². The van der Waals surface area contributed by atoms with Crippen LogP contribution >= 0.6 is 0 Å². The molecule has 0 heterocycles. The van der Waals surface area contributed by atoms with Gasteiger partial charge in [-0.1, -0.05) is 30.3 Å². The van der Waals surface area contributed by atoms with Crippen LogP contribution in [-0.2, 0) is 4.74 Å². The predicted molar refractivity (Wildman–Crippen MR) is 67.2 cm³/mol. The quantitative estimate of drug-likeness (QED) is 0.616. The average molecular weight is 231 g/mol. The molecule has 4 nitrogen and oxygen atoms in total. The molecule has 0 aliphatic rings. The summed E-state index contributed by atoms with van der Waals surface area (Å²) in [4.78, 5) is 23.0. The van der Waals surface area contributed by atoms with E-state index in [0.717, 1.165) is 5.56 Å². The maximum atomic E-state index is 11.5. The largest absolute Gasteiger partial charge is 0.383 e. The number of nitrogens with one attached hydrogen (secondary N) is 1. The highest BCUT2D eigenvalue weighted by Gasteiger charge is 2.21. The molecule has 2 aromatic rings. The van der Waals surface area contributed by atoms with Gasteiger partial charge in [-0.2, -0.15) is 0 Å². The maximum absolute atomic E-state index is 11.5. The van der Waals surface area contributed by atoms with Gasteiger partial charge in [0.2, 0.25) is 10.9 Å². The Bertz CT molecular complexity index is 568. The van der Waals surface area contributed by atoms with Gasteiger partial charge in [0.1, 0.15) is 0 Å². The van der Waals surface area contributed by atoms with Gasteiger partial charge in [0.15, 0.2) is 0 Å². The molecule has 0 fully saturated rings. The minimum atomic E-state index is -0.444. The first-order chi connectivity index (χ1) is 8.25. The fraction of sp³-hybridized carbons (Fsp3) is 0.231. The van der Waals surface area contributed by atoms with Crippen LogP contribution in [0.1, 0.15) is 0 Å². The zero-order valence-electron chi connectivity index (χ0n) is 9.53. The third-order valence-electron chi connectivity index (χ3n) is 2.58. The van der Waals surface area contributed by atoms with Gasteiger partial charge in [0, 0.05) is 13.7 Å². The van der Waals surface area contributed by atoms with Gasteiger partial charge in [-0.25, -0.2) is 0 Å². The summed E-state index contributed by atoms with van der Waals surface area (Å²) in [6.07, 6.45) is 0. The van der Waals surface area contributed by atoms with Crippen LogP contribution in [0.15, 0.2) is 39.9 Å². The Morgan fingerprint density at radius 3 is 2.47 bits per heavy atom. The molecule has 0 aromatic heterocycles.